The van der Waals surface area contributed by atoms with Crippen molar-refractivity contribution in [3.63, 3.8) is 0 Å². The van der Waals surface area contributed by atoms with Gasteiger partial charge >= 0.3 is 0 Å². The van der Waals surface area contributed by atoms with Crippen LogP contribution in [0.1, 0.15) is 46.0 Å². The second-order valence-electron chi connectivity index (χ2n) is 3.99. The van der Waals surface area contributed by atoms with Gasteiger partial charge in [0.25, 0.3) is 6.47 Å². The lowest BCUT2D eigenvalue weighted by Gasteiger charge is -2.38. The molecule has 0 aromatic carbocycles. The van der Waals surface area contributed by atoms with E-state index in [4.69, 9.17) is 4.74 Å². The lowest BCUT2D eigenvalue weighted by atomic mass is 9.77. The minimum atomic E-state index is -0.139. The molecule has 2 nitrogen and oxygen atoms in total. The van der Waals surface area contributed by atoms with Crippen molar-refractivity contribution in [2.45, 2.75) is 51.6 Å². The third-order valence-corrected chi connectivity index (χ3v) is 3.03. The average molecular weight is 170 g/mol. The Labute approximate surface area is 74.3 Å². The summed E-state index contributed by atoms with van der Waals surface area (Å²) < 4.78 is 5.25. The normalized spacial score (nSPS) is 22.2. The maximum Gasteiger partial charge on any atom is 0.293 e. The summed E-state index contributed by atoms with van der Waals surface area (Å²) in [5.41, 5.74) is -0.139. The largest absolute Gasteiger partial charge is 0.461 e. The van der Waals surface area contributed by atoms with Crippen LogP contribution in [-0.4, -0.2) is 12.1 Å². The van der Waals surface area contributed by atoms with Gasteiger partial charge in [0.2, 0.25) is 0 Å². The fraction of sp³-hybridized carbons (Fsp3) is 0.900. The van der Waals surface area contributed by atoms with Gasteiger partial charge in [-0.15, -0.1) is 0 Å². The van der Waals surface area contributed by atoms with E-state index in [-0.39, 0.29) is 5.60 Å². The fourth-order valence-electron chi connectivity index (χ4n) is 2.08. The first-order chi connectivity index (χ1) is 5.71. The zero-order valence-corrected chi connectivity index (χ0v) is 8.01. The number of ether oxygens (including phenoxy) is 1. The van der Waals surface area contributed by atoms with Gasteiger partial charge in [-0.25, -0.2) is 0 Å². The Balaban J connectivity index is 2.62. The van der Waals surface area contributed by atoms with Gasteiger partial charge in [0.15, 0.2) is 0 Å². The zero-order chi connectivity index (χ0) is 9.03. The first-order valence-electron chi connectivity index (χ1n) is 4.83. The molecule has 1 fully saturated rings. The van der Waals surface area contributed by atoms with Crippen molar-refractivity contribution in [2.75, 3.05) is 0 Å². The van der Waals surface area contributed by atoms with Gasteiger partial charge in [0, 0.05) is 0 Å². The van der Waals surface area contributed by atoms with E-state index in [1.807, 2.05) is 0 Å². The highest BCUT2D eigenvalue weighted by Crippen LogP contribution is 2.36. The first kappa shape index (κ1) is 9.56. The van der Waals surface area contributed by atoms with Crippen LogP contribution in [0.3, 0.4) is 0 Å². The van der Waals surface area contributed by atoms with Crippen molar-refractivity contribution in [1.29, 1.82) is 0 Å². The van der Waals surface area contributed by atoms with Crippen molar-refractivity contribution in [3.05, 3.63) is 0 Å². The minimum Gasteiger partial charge on any atom is -0.461 e. The van der Waals surface area contributed by atoms with Gasteiger partial charge in [0.05, 0.1) is 0 Å². The van der Waals surface area contributed by atoms with Crippen molar-refractivity contribution >= 4 is 6.47 Å². The van der Waals surface area contributed by atoms with E-state index in [1.165, 1.54) is 19.3 Å². The summed E-state index contributed by atoms with van der Waals surface area (Å²) in [5.74, 6) is 0.447. The van der Waals surface area contributed by atoms with Crippen molar-refractivity contribution in [1.82, 2.24) is 0 Å². The monoisotopic (exact) mass is 170 g/mol. The van der Waals surface area contributed by atoms with Crippen LogP contribution in [0.15, 0.2) is 0 Å². The molecule has 12 heavy (non-hydrogen) atoms. The fourth-order valence-corrected chi connectivity index (χ4v) is 2.08. The molecule has 70 valence electrons. The van der Waals surface area contributed by atoms with E-state index < -0.39 is 0 Å². The van der Waals surface area contributed by atoms with Gasteiger partial charge in [-0.1, -0.05) is 20.3 Å². The van der Waals surface area contributed by atoms with Crippen LogP contribution >= 0.6 is 0 Å². The van der Waals surface area contributed by atoms with Crippen LogP contribution < -0.4 is 0 Å². The highest BCUT2D eigenvalue weighted by atomic mass is 16.5. The maximum absolute atomic E-state index is 10.4. The SMILES string of the molecule is CC(C)C1(OC=O)CCCCC1. The molecule has 0 saturated heterocycles. The van der Waals surface area contributed by atoms with Gasteiger partial charge in [0.1, 0.15) is 5.60 Å². The molecule has 0 radical (unpaired) electrons. The molecule has 1 saturated carbocycles. The van der Waals surface area contributed by atoms with Crippen LogP contribution in [0.2, 0.25) is 0 Å². The molecule has 0 aliphatic heterocycles. The number of hydrogen-bond acceptors (Lipinski definition) is 2. The summed E-state index contributed by atoms with van der Waals surface area (Å²) in [6, 6.07) is 0. The summed E-state index contributed by atoms with van der Waals surface area (Å²) >= 11 is 0. The molecule has 0 aromatic heterocycles. The number of hydrogen-bond donors (Lipinski definition) is 0. The molecule has 1 aliphatic rings. The predicted octanol–water partition coefficient (Wildman–Crippen LogP) is 2.52. The molecular weight excluding hydrogens is 152 g/mol. The molecule has 0 aromatic rings. The van der Waals surface area contributed by atoms with E-state index in [2.05, 4.69) is 13.8 Å². The van der Waals surface area contributed by atoms with Gasteiger partial charge in [-0.3, -0.25) is 4.79 Å². The molecule has 0 unspecified atom stereocenters. The van der Waals surface area contributed by atoms with Crippen molar-refractivity contribution in [2.24, 2.45) is 5.92 Å². The number of carbonyl (C=O) groups excluding carboxylic acids is 1. The smallest absolute Gasteiger partial charge is 0.293 e. The molecular formula is C10H18O2. The Hall–Kier alpha value is -0.530. The molecule has 0 amide bonds. The molecule has 0 spiro atoms. The van der Waals surface area contributed by atoms with Crippen LogP contribution in [0, 0.1) is 5.92 Å². The van der Waals surface area contributed by atoms with E-state index >= 15 is 0 Å². The summed E-state index contributed by atoms with van der Waals surface area (Å²) in [5, 5.41) is 0. The summed E-state index contributed by atoms with van der Waals surface area (Å²) in [6.07, 6.45) is 5.78. The first-order valence-corrected chi connectivity index (χ1v) is 4.83. The third kappa shape index (κ3) is 1.79. The number of rotatable bonds is 3. The summed E-state index contributed by atoms with van der Waals surface area (Å²) in [4.78, 5) is 10.4. The lowest BCUT2D eigenvalue weighted by Crippen LogP contribution is -2.40. The molecule has 0 N–H and O–H groups in total. The number of carbonyl (C=O) groups is 1. The third-order valence-electron chi connectivity index (χ3n) is 3.03. The molecule has 0 atom stereocenters. The topological polar surface area (TPSA) is 26.3 Å². The quantitative estimate of drug-likeness (QED) is 0.608. The second-order valence-corrected chi connectivity index (χ2v) is 3.99. The lowest BCUT2D eigenvalue weighted by molar-refractivity contribution is -0.153. The van der Waals surface area contributed by atoms with Gasteiger partial charge in [-0.05, 0) is 31.6 Å². The zero-order valence-electron chi connectivity index (χ0n) is 8.01. The maximum atomic E-state index is 10.4. The van der Waals surface area contributed by atoms with E-state index in [0.717, 1.165) is 12.8 Å². The van der Waals surface area contributed by atoms with Crippen molar-refractivity contribution < 1.29 is 9.53 Å². The predicted molar refractivity (Wildman–Crippen MR) is 47.8 cm³/mol. The molecule has 0 bridgehead atoms. The molecule has 0 heterocycles. The Morgan fingerprint density at radius 2 is 1.83 bits per heavy atom. The van der Waals surface area contributed by atoms with Crippen LogP contribution in [0.4, 0.5) is 0 Å². The highest BCUT2D eigenvalue weighted by molar-refractivity contribution is 5.38. The minimum absolute atomic E-state index is 0.139. The second kappa shape index (κ2) is 3.92. The molecule has 1 rings (SSSR count). The van der Waals surface area contributed by atoms with Gasteiger partial charge in [-0.2, -0.15) is 0 Å². The summed E-state index contributed by atoms with van der Waals surface area (Å²) in [6.45, 7) is 4.88. The summed E-state index contributed by atoms with van der Waals surface area (Å²) in [7, 11) is 0. The van der Waals surface area contributed by atoms with Crippen LogP contribution in [0.5, 0.6) is 0 Å². The Morgan fingerprint density at radius 1 is 1.25 bits per heavy atom. The van der Waals surface area contributed by atoms with E-state index in [0.29, 0.717) is 12.4 Å². The Kier molecular flexibility index (Phi) is 3.12. The average Bonchev–Trinajstić information content (AvgIpc) is 2.06. The highest BCUT2D eigenvalue weighted by Gasteiger charge is 2.36. The molecule has 2 heteroatoms. The van der Waals surface area contributed by atoms with Crippen molar-refractivity contribution in [3.8, 4) is 0 Å². The van der Waals surface area contributed by atoms with E-state index in [1.54, 1.807) is 0 Å². The Bertz CT molecular complexity index is 146. The standard InChI is InChI=1S/C10H18O2/c1-9(2)10(12-8-11)6-4-3-5-7-10/h8-9H,3-7H2,1-2H3. The van der Waals surface area contributed by atoms with E-state index in [9.17, 15) is 4.79 Å². The molecule has 1 aliphatic carbocycles. The Morgan fingerprint density at radius 3 is 2.25 bits per heavy atom. The van der Waals surface area contributed by atoms with Crippen LogP contribution in [-0.2, 0) is 9.53 Å². The van der Waals surface area contributed by atoms with Crippen LogP contribution in [0.25, 0.3) is 0 Å². The van der Waals surface area contributed by atoms with Gasteiger partial charge < -0.3 is 4.74 Å².